The van der Waals surface area contributed by atoms with Crippen LogP contribution < -0.4 is 5.32 Å². The van der Waals surface area contributed by atoms with Crippen LogP contribution in [0.1, 0.15) is 19.8 Å². The quantitative estimate of drug-likeness (QED) is 0.702. The fourth-order valence-corrected chi connectivity index (χ4v) is 1.18. The summed E-state index contributed by atoms with van der Waals surface area (Å²) in [6.07, 6.45) is 6.01. The maximum absolute atomic E-state index is 4.24. The summed E-state index contributed by atoms with van der Waals surface area (Å²) in [7, 11) is 1.92. The van der Waals surface area contributed by atoms with Crippen molar-refractivity contribution >= 4 is 5.82 Å². The maximum atomic E-state index is 4.24. The lowest BCUT2D eigenvalue weighted by molar-refractivity contribution is 0.704. The van der Waals surface area contributed by atoms with Gasteiger partial charge in [-0.25, -0.2) is 0 Å². The molecule has 0 aliphatic rings. The minimum absolute atomic E-state index is 0.452. The molecule has 0 amide bonds. The zero-order valence-corrected chi connectivity index (χ0v) is 8.33. The molecule has 1 N–H and O–H groups in total. The van der Waals surface area contributed by atoms with E-state index < -0.39 is 0 Å². The average molecular weight is 179 g/mol. The molecule has 1 rings (SSSR count). The predicted octanol–water partition coefficient (Wildman–Crippen LogP) is 2.19. The molecule has 1 atom stereocenters. The van der Waals surface area contributed by atoms with Crippen molar-refractivity contribution in [1.29, 1.82) is 0 Å². The Hall–Kier alpha value is -1.25. The highest BCUT2D eigenvalue weighted by Gasteiger charge is 2.01. The van der Waals surface area contributed by atoms with E-state index in [1.807, 2.05) is 25.4 Å². The zero-order valence-electron chi connectivity index (χ0n) is 8.33. The van der Waals surface area contributed by atoms with Crippen molar-refractivity contribution in [2.45, 2.75) is 25.8 Å². The lowest BCUT2D eigenvalue weighted by Crippen LogP contribution is -2.15. The molecule has 3 heteroatoms. The van der Waals surface area contributed by atoms with Gasteiger partial charge >= 0.3 is 0 Å². The molecule has 13 heavy (non-hydrogen) atoms. The van der Waals surface area contributed by atoms with Gasteiger partial charge in [-0.3, -0.25) is 4.68 Å². The van der Waals surface area contributed by atoms with Gasteiger partial charge in [0.2, 0.25) is 0 Å². The molecule has 3 nitrogen and oxygen atoms in total. The molecule has 72 valence electrons. The fraction of sp³-hybridized carbons (Fsp3) is 0.500. The third-order valence-electron chi connectivity index (χ3n) is 1.91. The third kappa shape index (κ3) is 3.32. The number of anilines is 1. The normalized spacial score (nSPS) is 12.5. The maximum Gasteiger partial charge on any atom is 0.148 e. The first-order valence-electron chi connectivity index (χ1n) is 4.59. The molecule has 1 unspecified atom stereocenters. The van der Waals surface area contributed by atoms with Crippen LogP contribution in [0, 0.1) is 0 Å². The number of rotatable bonds is 5. The van der Waals surface area contributed by atoms with Gasteiger partial charge < -0.3 is 5.32 Å². The molecule has 0 aromatic carbocycles. The summed E-state index contributed by atoms with van der Waals surface area (Å²) < 4.78 is 1.79. The topological polar surface area (TPSA) is 29.9 Å². The molecule has 0 spiro atoms. The van der Waals surface area contributed by atoms with Gasteiger partial charge in [0.25, 0.3) is 0 Å². The molecule has 0 aliphatic heterocycles. The lowest BCUT2D eigenvalue weighted by Gasteiger charge is -2.11. The second kappa shape index (κ2) is 4.70. The molecule has 0 saturated heterocycles. The first kappa shape index (κ1) is 9.84. The van der Waals surface area contributed by atoms with E-state index in [1.165, 1.54) is 0 Å². The van der Waals surface area contributed by atoms with Crippen molar-refractivity contribution in [1.82, 2.24) is 9.78 Å². The van der Waals surface area contributed by atoms with Crippen LogP contribution in [0.2, 0.25) is 0 Å². The van der Waals surface area contributed by atoms with Crippen molar-refractivity contribution < 1.29 is 0 Å². The van der Waals surface area contributed by atoms with Crippen LogP contribution in [-0.2, 0) is 7.05 Å². The van der Waals surface area contributed by atoms with Gasteiger partial charge in [-0.15, -0.1) is 6.58 Å². The molecule has 0 fully saturated rings. The van der Waals surface area contributed by atoms with Crippen LogP contribution in [0.25, 0.3) is 0 Å². The summed E-state index contributed by atoms with van der Waals surface area (Å²) in [6, 6.07) is 2.43. The van der Waals surface area contributed by atoms with E-state index >= 15 is 0 Å². The summed E-state index contributed by atoms with van der Waals surface area (Å²) >= 11 is 0. The number of aromatic nitrogens is 2. The van der Waals surface area contributed by atoms with Crippen LogP contribution in [0.4, 0.5) is 5.82 Å². The van der Waals surface area contributed by atoms with Gasteiger partial charge in [-0.1, -0.05) is 6.08 Å². The Morgan fingerprint density at radius 3 is 3.08 bits per heavy atom. The Morgan fingerprint density at radius 2 is 2.54 bits per heavy atom. The van der Waals surface area contributed by atoms with E-state index in [9.17, 15) is 0 Å². The van der Waals surface area contributed by atoms with E-state index in [4.69, 9.17) is 0 Å². The molecule has 0 saturated carbocycles. The Morgan fingerprint density at radius 1 is 1.77 bits per heavy atom. The molecule has 0 radical (unpaired) electrons. The van der Waals surface area contributed by atoms with Gasteiger partial charge in [-0.05, 0) is 19.8 Å². The number of hydrogen-bond acceptors (Lipinski definition) is 2. The molecular formula is C10H17N3. The van der Waals surface area contributed by atoms with Crippen LogP contribution >= 0.6 is 0 Å². The highest BCUT2D eigenvalue weighted by atomic mass is 15.3. The van der Waals surface area contributed by atoms with E-state index in [2.05, 4.69) is 23.9 Å². The zero-order chi connectivity index (χ0) is 9.68. The lowest BCUT2D eigenvalue weighted by atomic mass is 10.2. The van der Waals surface area contributed by atoms with E-state index in [0.717, 1.165) is 18.7 Å². The second-order valence-corrected chi connectivity index (χ2v) is 3.29. The highest BCUT2D eigenvalue weighted by molar-refractivity contribution is 5.33. The van der Waals surface area contributed by atoms with E-state index in [-0.39, 0.29) is 0 Å². The smallest absolute Gasteiger partial charge is 0.148 e. The highest BCUT2D eigenvalue weighted by Crippen LogP contribution is 2.06. The summed E-state index contributed by atoms with van der Waals surface area (Å²) in [5.41, 5.74) is 0. The Labute approximate surface area is 79.5 Å². The molecule has 1 aromatic heterocycles. The van der Waals surface area contributed by atoms with E-state index in [0.29, 0.717) is 6.04 Å². The number of nitrogens with one attached hydrogen (secondary N) is 1. The van der Waals surface area contributed by atoms with Crippen molar-refractivity contribution in [2.75, 3.05) is 5.32 Å². The van der Waals surface area contributed by atoms with Gasteiger partial charge in [-0.2, -0.15) is 5.10 Å². The first-order chi connectivity index (χ1) is 6.22. The summed E-state index contributed by atoms with van der Waals surface area (Å²) in [6.45, 7) is 5.85. The minimum Gasteiger partial charge on any atom is -0.366 e. The number of nitrogens with zero attached hydrogens (tertiary/aromatic N) is 2. The van der Waals surface area contributed by atoms with Crippen LogP contribution in [0.5, 0.6) is 0 Å². The fourth-order valence-electron chi connectivity index (χ4n) is 1.18. The summed E-state index contributed by atoms with van der Waals surface area (Å²) in [4.78, 5) is 0. The number of aryl methyl sites for hydroxylation is 1. The van der Waals surface area contributed by atoms with Gasteiger partial charge in [0.1, 0.15) is 5.82 Å². The Balaban J connectivity index is 2.35. The van der Waals surface area contributed by atoms with Gasteiger partial charge in [0, 0.05) is 25.4 Å². The second-order valence-electron chi connectivity index (χ2n) is 3.29. The SMILES string of the molecule is C=CCCC(C)Nc1ccn(C)n1. The monoisotopic (exact) mass is 179 g/mol. The Bertz CT molecular complexity index is 265. The molecule has 1 aromatic rings. The van der Waals surface area contributed by atoms with Crippen LogP contribution in [0.3, 0.4) is 0 Å². The third-order valence-corrected chi connectivity index (χ3v) is 1.91. The van der Waals surface area contributed by atoms with Gasteiger partial charge in [0.15, 0.2) is 0 Å². The largest absolute Gasteiger partial charge is 0.366 e. The van der Waals surface area contributed by atoms with Crippen LogP contribution in [-0.4, -0.2) is 15.8 Å². The van der Waals surface area contributed by atoms with Gasteiger partial charge in [0.05, 0.1) is 0 Å². The summed E-state index contributed by atoms with van der Waals surface area (Å²) in [5, 5.41) is 7.56. The average Bonchev–Trinajstić information content (AvgIpc) is 2.48. The van der Waals surface area contributed by atoms with Crippen molar-refractivity contribution in [3.8, 4) is 0 Å². The van der Waals surface area contributed by atoms with Crippen molar-refractivity contribution in [2.24, 2.45) is 7.05 Å². The summed E-state index contributed by atoms with van der Waals surface area (Å²) in [5.74, 6) is 0.944. The Kier molecular flexibility index (Phi) is 3.55. The molecule has 0 bridgehead atoms. The molecule has 0 aliphatic carbocycles. The first-order valence-corrected chi connectivity index (χ1v) is 4.59. The van der Waals surface area contributed by atoms with Crippen molar-refractivity contribution in [3.05, 3.63) is 24.9 Å². The van der Waals surface area contributed by atoms with Crippen molar-refractivity contribution in [3.63, 3.8) is 0 Å². The molecular weight excluding hydrogens is 162 g/mol. The predicted molar refractivity (Wildman–Crippen MR) is 55.7 cm³/mol. The minimum atomic E-state index is 0.452. The standard InChI is InChI=1S/C10H17N3/c1-4-5-6-9(2)11-10-7-8-13(3)12-10/h4,7-9H,1,5-6H2,2-3H3,(H,11,12). The van der Waals surface area contributed by atoms with E-state index in [1.54, 1.807) is 4.68 Å². The molecule has 1 heterocycles. The number of hydrogen-bond donors (Lipinski definition) is 1. The van der Waals surface area contributed by atoms with Crippen LogP contribution in [0.15, 0.2) is 24.9 Å². The number of allylic oxidation sites excluding steroid dienone is 1.